The summed E-state index contributed by atoms with van der Waals surface area (Å²) in [4.78, 5) is 47.4. The van der Waals surface area contributed by atoms with E-state index in [4.69, 9.17) is 16.3 Å². The van der Waals surface area contributed by atoms with Crippen LogP contribution in [-0.2, 0) is 4.74 Å². The van der Waals surface area contributed by atoms with E-state index in [-0.39, 0.29) is 33.4 Å². The monoisotopic (exact) mass is 489 g/mol. The highest BCUT2D eigenvalue weighted by atomic mass is 35.5. The van der Waals surface area contributed by atoms with Gasteiger partial charge < -0.3 is 10.1 Å². The van der Waals surface area contributed by atoms with Crippen LogP contribution >= 0.6 is 22.9 Å². The number of esters is 1. The minimum atomic E-state index is -0.805. The molecule has 10 nitrogen and oxygen atoms in total. The van der Waals surface area contributed by atoms with E-state index in [0.29, 0.717) is 16.0 Å². The number of nitro groups is 2. The largest absolute Gasteiger partial charge is 0.462 e. The van der Waals surface area contributed by atoms with Crippen molar-refractivity contribution in [1.29, 1.82) is 0 Å². The molecule has 0 atom stereocenters. The Labute approximate surface area is 196 Å². The van der Waals surface area contributed by atoms with E-state index in [2.05, 4.69) is 5.32 Å². The van der Waals surface area contributed by atoms with Gasteiger partial charge in [-0.1, -0.05) is 11.6 Å². The number of halogens is 1. The lowest BCUT2D eigenvalue weighted by Crippen LogP contribution is -2.16. The van der Waals surface area contributed by atoms with E-state index in [1.165, 1.54) is 36.4 Å². The van der Waals surface area contributed by atoms with Crippen LogP contribution in [0.3, 0.4) is 0 Å². The predicted octanol–water partition coefficient (Wildman–Crippen LogP) is 5.62. The van der Waals surface area contributed by atoms with E-state index < -0.39 is 27.4 Å². The summed E-state index contributed by atoms with van der Waals surface area (Å²) in [7, 11) is 0. The minimum absolute atomic E-state index is 0.0539. The molecule has 0 saturated carbocycles. The van der Waals surface area contributed by atoms with E-state index in [9.17, 15) is 29.8 Å². The summed E-state index contributed by atoms with van der Waals surface area (Å²) in [5.74, 6) is -1.52. The zero-order valence-electron chi connectivity index (χ0n) is 17.3. The Bertz CT molecular complexity index is 1270. The average Bonchev–Trinajstić information content (AvgIpc) is 3.09. The number of carbonyl (C=O) groups excluding carboxylic acids is 2. The van der Waals surface area contributed by atoms with Crippen LogP contribution in [0.5, 0.6) is 0 Å². The highest BCUT2D eigenvalue weighted by Crippen LogP contribution is 2.41. The van der Waals surface area contributed by atoms with Gasteiger partial charge in [0.2, 0.25) is 0 Å². The van der Waals surface area contributed by atoms with Crippen LogP contribution < -0.4 is 5.32 Å². The number of nitrogens with zero attached hydrogens (tertiary/aromatic N) is 2. The first-order valence-electron chi connectivity index (χ1n) is 9.44. The molecule has 0 fully saturated rings. The summed E-state index contributed by atoms with van der Waals surface area (Å²) in [5.41, 5.74) is 0.166. The van der Waals surface area contributed by atoms with Gasteiger partial charge >= 0.3 is 5.97 Å². The molecule has 33 heavy (non-hydrogen) atoms. The summed E-state index contributed by atoms with van der Waals surface area (Å²) in [6, 6.07) is 9.21. The number of nitrogens with one attached hydrogen (secondary N) is 1. The zero-order chi connectivity index (χ0) is 24.3. The summed E-state index contributed by atoms with van der Waals surface area (Å²) in [6.45, 7) is 3.41. The molecular formula is C21H16ClN3O7S. The molecule has 1 aromatic heterocycles. The molecule has 0 aliphatic heterocycles. The normalized spacial score (nSPS) is 10.5. The summed E-state index contributed by atoms with van der Waals surface area (Å²) < 4.78 is 5.15. The number of hydrogen-bond donors (Lipinski definition) is 1. The number of hydrogen-bond acceptors (Lipinski definition) is 8. The molecule has 1 amide bonds. The molecule has 0 saturated heterocycles. The molecule has 1 N–H and O–H groups in total. The maximum atomic E-state index is 12.9. The number of anilines is 1. The van der Waals surface area contributed by atoms with Gasteiger partial charge in [0.15, 0.2) is 0 Å². The number of rotatable bonds is 7. The van der Waals surface area contributed by atoms with Gasteiger partial charge in [0.25, 0.3) is 17.3 Å². The van der Waals surface area contributed by atoms with Crippen LogP contribution in [0.15, 0.2) is 42.5 Å². The molecule has 0 aliphatic carbocycles. The number of carbonyl (C=O) groups is 2. The summed E-state index contributed by atoms with van der Waals surface area (Å²) in [5, 5.41) is 25.1. The average molecular weight is 490 g/mol. The Balaban J connectivity index is 2.09. The minimum Gasteiger partial charge on any atom is -0.462 e. The van der Waals surface area contributed by atoms with Gasteiger partial charge in [0, 0.05) is 33.7 Å². The molecular weight excluding hydrogens is 474 g/mol. The maximum absolute atomic E-state index is 12.9. The highest BCUT2D eigenvalue weighted by Gasteiger charge is 2.28. The summed E-state index contributed by atoms with van der Waals surface area (Å²) >= 11 is 6.89. The second-order valence-corrected chi connectivity index (χ2v) is 8.30. The van der Waals surface area contributed by atoms with Gasteiger partial charge in [-0.15, -0.1) is 11.3 Å². The number of thiophene rings is 1. The van der Waals surface area contributed by atoms with Crippen molar-refractivity contribution in [2.45, 2.75) is 13.8 Å². The number of aryl methyl sites for hydroxylation is 1. The lowest BCUT2D eigenvalue weighted by molar-refractivity contribution is -0.385. The van der Waals surface area contributed by atoms with Gasteiger partial charge in [0.05, 0.1) is 16.5 Å². The Kier molecular flexibility index (Phi) is 7.04. The van der Waals surface area contributed by atoms with Crippen molar-refractivity contribution in [3.63, 3.8) is 0 Å². The molecule has 170 valence electrons. The van der Waals surface area contributed by atoms with Crippen molar-refractivity contribution >= 4 is 51.2 Å². The van der Waals surface area contributed by atoms with Crippen LogP contribution in [0.4, 0.5) is 16.4 Å². The fourth-order valence-electron chi connectivity index (χ4n) is 3.15. The van der Waals surface area contributed by atoms with E-state index in [1.807, 2.05) is 0 Å². The number of benzene rings is 2. The van der Waals surface area contributed by atoms with Gasteiger partial charge in [0.1, 0.15) is 16.1 Å². The molecule has 12 heteroatoms. The van der Waals surface area contributed by atoms with Crippen molar-refractivity contribution < 1.29 is 24.2 Å². The predicted molar refractivity (Wildman–Crippen MR) is 123 cm³/mol. The van der Waals surface area contributed by atoms with Crippen LogP contribution in [0.1, 0.15) is 32.5 Å². The van der Waals surface area contributed by atoms with Gasteiger partial charge in [-0.05, 0) is 43.7 Å². The van der Waals surface area contributed by atoms with Crippen LogP contribution in [0.2, 0.25) is 5.02 Å². The zero-order valence-corrected chi connectivity index (χ0v) is 18.9. The van der Waals surface area contributed by atoms with Crippen molar-refractivity contribution in [3.05, 3.63) is 83.7 Å². The molecule has 0 radical (unpaired) electrons. The topological polar surface area (TPSA) is 142 Å². The van der Waals surface area contributed by atoms with Crippen molar-refractivity contribution in [1.82, 2.24) is 0 Å². The van der Waals surface area contributed by atoms with Crippen LogP contribution in [-0.4, -0.2) is 28.3 Å². The Hall–Kier alpha value is -3.83. The Morgan fingerprint density at radius 3 is 2.33 bits per heavy atom. The third-order valence-corrected chi connectivity index (χ3v) is 5.81. The standard InChI is InChI=1S/C21H16ClN3O7S/c1-3-32-21(27)18-17(12-4-7-14(8-5-12)24(28)29)11(2)33-20(18)23-19(26)15-9-6-13(22)10-16(15)25(30)31/h4-10H,3H2,1-2H3,(H,23,26). The van der Waals surface area contributed by atoms with Gasteiger partial charge in [-0.3, -0.25) is 25.0 Å². The van der Waals surface area contributed by atoms with E-state index in [1.54, 1.807) is 13.8 Å². The second-order valence-electron chi connectivity index (χ2n) is 6.63. The van der Waals surface area contributed by atoms with Crippen molar-refractivity contribution in [2.75, 3.05) is 11.9 Å². The maximum Gasteiger partial charge on any atom is 0.341 e. The van der Waals surface area contributed by atoms with Crippen LogP contribution in [0.25, 0.3) is 11.1 Å². The van der Waals surface area contributed by atoms with Crippen molar-refractivity contribution in [2.24, 2.45) is 0 Å². The van der Waals surface area contributed by atoms with E-state index >= 15 is 0 Å². The summed E-state index contributed by atoms with van der Waals surface area (Å²) in [6.07, 6.45) is 0. The molecule has 1 heterocycles. The smallest absolute Gasteiger partial charge is 0.341 e. The lowest BCUT2D eigenvalue weighted by atomic mass is 10.0. The molecule has 0 unspecified atom stereocenters. The number of non-ortho nitro benzene ring substituents is 1. The first kappa shape index (κ1) is 23.8. The van der Waals surface area contributed by atoms with Gasteiger partial charge in [-0.2, -0.15) is 0 Å². The lowest BCUT2D eigenvalue weighted by Gasteiger charge is -2.09. The van der Waals surface area contributed by atoms with E-state index in [0.717, 1.165) is 17.4 Å². The Morgan fingerprint density at radius 2 is 1.76 bits per heavy atom. The van der Waals surface area contributed by atoms with Crippen LogP contribution in [0, 0.1) is 27.2 Å². The SMILES string of the molecule is CCOC(=O)c1c(NC(=O)c2ccc(Cl)cc2[N+](=O)[O-])sc(C)c1-c1ccc([N+](=O)[O-])cc1. The molecule has 0 spiro atoms. The number of ether oxygens (including phenoxy) is 1. The molecule has 0 aliphatic rings. The third-order valence-electron chi connectivity index (χ3n) is 4.56. The first-order chi connectivity index (χ1) is 15.6. The number of nitro benzene ring substituents is 2. The molecule has 0 bridgehead atoms. The highest BCUT2D eigenvalue weighted by molar-refractivity contribution is 7.17. The molecule has 3 rings (SSSR count). The van der Waals surface area contributed by atoms with Crippen molar-refractivity contribution in [3.8, 4) is 11.1 Å². The third kappa shape index (κ3) is 4.99. The molecule has 2 aromatic carbocycles. The molecule has 3 aromatic rings. The van der Waals surface area contributed by atoms with Gasteiger partial charge in [-0.25, -0.2) is 4.79 Å². The quantitative estimate of drug-likeness (QED) is 0.257. The second kappa shape index (κ2) is 9.76. The Morgan fingerprint density at radius 1 is 1.09 bits per heavy atom. The first-order valence-corrected chi connectivity index (χ1v) is 10.6. The number of amides is 1. The fraction of sp³-hybridized carbons (Fsp3) is 0.143. The fourth-order valence-corrected chi connectivity index (χ4v) is 4.37.